The highest BCUT2D eigenvalue weighted by Crippen LogP contribution is 2.42. The Morgan fingerprint density at radius 3 is 2.35 bits per heavy atom. The quantitative estimate of drug-likeness (QED) is 0.650. The Kier molecular flexibility index (Phi) is 5.24. The van der Waals surface area contributed by atoms with Crippen LogP contribution in [0.3, 0.4) is 0 Å². The largest absolute Gasteiger partial charge is 0.338 e. The standard InChI is InChI=1S/C19H22F2N4O5S/c1-19(12-2-3-12)17(27)25(18(28)22-19)11-16(26)23-6-8-24(9-7-23)31(29,30)13-4-5-14(20)15(21)10-13/h4-5,10,12H,2-3,6-9,11H2,1H3,(H,22,28)/t19-/m0/s1. The van der Waals surface area contributed by atoms with E-state index in [1.54, 1.807) is 6.92 Å². The molecule has 4 rings (SSSR count). The molecule has 0 unspecified atom stereocenters. The number of carbonyl (C=O) groups excluding carboxylic acids is 3. The third-order valence-electron chi connectivity index (χ3n) is 6.11. The van der Waals surface area contributed by atoms with Crippen molar-refractivity contribution < 1.29 is 31.6 Å². The fourth-order valence-corrected chi connectivity index (χ4v) is 5.43. The zero-order valence-electron chi connectivity index (χ0n) is 16.8. The van der Waals surface area contributed by atoms with Gasteiger partial charge in [0.2, 0.25) is 15.9 Å². The summed E-state index contributed by atoms with van der Waals surface area (Å²) in [5.41, 5.74) is -0.978. The number of halogens is 2. The van der Waals surface area contributed by atoms with Gasteiger partial charge in [-0.15, -0.1) is 0 Å². The topological polar surface area (TPSA) is 107 Å². The summed E-state index contributed by atoms with van der Waals surface area (Å²) >= 11 is 0. The second kappa shape index (κ2) is 7.52. The number of benzene rings is 1. The maximum absolute atomic E-state index is 13.4. The minimum atomic E-state index is -4.05. The molecule has 2 heterocycles. The van der Waals surface area contributed by atoms with Crippen LogP contribution in [-0.2, 0) is 19.6 Å². The van der Waals surface area contributed by atoms with Gasteiger partial charge in [-0.2, -0.15) is 4.31 Å². The van der Waals surface area contributed by atoms with E-state index in [1.165, 1.54) is 4.90 Å². The number of amides is 4. The van der Waals surface area contributed by atoms with Gasteiger partial charge >= 0.3 is 6.03 Å². The summed E-state index contributed by atoms with van der Waals surface area (Å²) < 4.78 is 52.9. The van der Waals surface area contributed by atoms with E-state index in [4.69, 9.17) is 0 Å². The van der Waals surface area contributed by atoms with Crippen molar-refractivity contribution in [2.45, 2.75) is 30.2 Å². The van der Waals surface area contributed by atoms with Crippen molar-refractivity contribution in [3.63, 3.8) is 0 Å². The van der Waals surface area contributed by atoms with Crippen molar-refractivity contribution >= 4 is 27.9 Å². The molecule has 0 aromatic heterocycles. The molecule has 168 valence electrons. The molecule has 4 amide bonds. The third kappa shape index (κ3) is 3.78. The molecule has 1 aliphatic carbocycles. The zero-order valence-corrected chi connectivity index (χ0v) is 17.6. The van der Waals surface area contributed by atoms with Gasteiger partial charge in [0.05, 0.1) is 4.90 Å². The molecule has 1 aromatic rings. The van der Waals surface area contributed by atoms with Gasteiger partial charge in [-0.3, -0.25) is 14.5 Å². The Morgan fingerprint density at radius 1 is 1.13 bits per heavy atom. The maximum atomic E-state index is 13.4. The normalized spacial score (nSPS) is 25.1. The number of nitrogens with zero attached hydrogens (tertiary/aromatic N) is 3. The van der Waals surface area contributed by atoms with E-state index in [0.717, 1.165) is 34.2 Å². The van der Waals surface area contributed by atoms with Gasteiger partial charge in [-0.25, -0.2) is 22.0 Å². The molecule has 1 N–H and O–H groups in total. The fourth-order valence-electron chi connectivity index (χ4n) is 4.00. The zero-order chi connectivity index (χ0) is 22.6. The van der Waals surface area contributed by atoms with Crippen molar-refractivity contribution in [1.29, 1.82) is 0 Å². The van der Waals surface area contributed by atoms with Crippen molar-refractivity contribution in [2.24, 2.45) is 5.92 Å². The molecule has 31 heavy (non-hydrogen) atoms. The third-order valence-corrected chi connectivity index (χ3v) is 8.00. The summed E-state index contributed by atoms with van der Waals surface area (Å²) in [6.07, 6.45) is 1.69. The van der Waals surface area contributed by atoms with Crippen LogP contribution in [0.25, 0.3) is 0 Å². The van der Waals surface area contributed by atoms with Crippen LogP contribution in [0.5, 0.6) is 0 Å². The summed E-state index contributed by atoms with van der Waals surface area (Å²) in [6, 6.07) is 1.75. The summed E-state index contributed by atoms with van der Waals surface area (Å²) in [4.78, 5) is 39.4. The molecule has 9 nitrogen and oxygen atoms in total. The van der Waals surface area contributed by atoms with Crippen LogP contribution >= 0.6 is 0 Å². The number of sulfonamides is 1. The number of piperazine rings is 1. The lowest BCUT2D eigenvalue weighted by Crippen LogP contribution is -2.53. The molecule has 12 heteroatoms. The maximum Gasteiger partial charge on any atom is 0.325 e. The van der Waals surface area contributed by atoms with Crippen LogP contribution in [0.15, 0.2) is 23.1 Å². The lowest BCUT2D eigenvalue weighted by atomic mass is 9.96. The predicted molar refractivity (Wildman–Crippen MR) is 103 cm³/mol. The number of hydrogen-bond donors (Lipinski definition) is 1. The smallest absolute Gasteiger partial charge is 0.325 e. The predicted octanol–water partition coefficient (Wildman–Crippen LogP) is 0.518. The second-order valence-corrected chi connectivity index (χ2v) is 10.1. The van der Waals surface area contributed by atoms with Crippen LogP contribution in [0.4, 0.5) is 13.6 Å². The van der Waals surface area contributed by atoms with Crippen LogP contribution in [0.1, 0.15) is 19.8 Å². The van der Waals surface area contributed by atoms with E-state index in [0.29, 0.717) is 6.07 Å². The van der Waals surface area contributed by atoms with Gasteiger partial charge in [0.1, 0.15) is 12.1 Å². The van der Waals surface area contributed by atoms with E-state index in [9.17, 15) is 31.6 Å². The lowest BCUT2D eigenvalue weighted by molar-refractivity contribution is -0.139. The Labute approximate surface area is 178 Å². The number of urea groups is 1. The monoisotopic (exact) mass is 456 g/mol. The van der Waals surface area contributed by atoms with Crippen molar-refractivity contribution in [1.82, 2.24) is 19.4 Å². The Bertz CT molecular complexity index is 1050. The van der Waals surface area contributed by atoms with Gasteiger partial charge < -0.3 is 10.2 Å². The van der Waals surface area contributed by atoms with Gasteiger partial charge in [-0.1, -0.05) is 0 Å². The molecule has 1 aromatic carbocycles. The SMILES string of the molecule is C[C@@]1(C2CC2)NC(=O)N(CC(=O)N2CCN(S(=O)(=O)c3ccc(F)c(F)c3)CC2)C1=O. The lowest BCUT2D eigenvalue weighted by Gasteiger charge is -2.34. The summed E-state index contributed by atoms with van der Waals surface area (Å²) in [5, 5.41) is 2.68. The Morgan fingerprint density at radius 2 is 1.77 bits per heavy atom. The van der Waals surface area contributed by atoms with E-state index >= 15 is 0 Å². The molecule has 0 radical (unpaired) electrons. The number of rotatable bonds is 5. The molecule has 3 aliphatic rings. The molecule has 2 saturated heterocycles. The molecule has 3 fully saturated rings. The molecular formula is C19H22F2N4O5S. The van der Waals surface area contributed by atoms with Crippen LogP contribution in [-0.4, -0.2) is 78.6 Å². The first kappa shape index (κ1) is 21.6. The number of carbonyl (C=O) groups is 3. The van der Waals surface area contributed by atoms with Gasteiger partial charge in [0.15, 0.2) is 11.6 Å². The van der Waals surface area contributed by atoms with E-state index < -0.39 is 51.6 Å². The van der Waals surface area contributed by atoms with Gasteiger partial charge in [0.25, 0.3) is 5.91 Å². The summed E-state index contributed by atoms with van der Waals surface area (Å²) in [5.74, 6) is -3.22. The average Bonchev–Trinajstić information content (AvgIpc) is 3.56. The highest BCUT2D eigenvalue weighted by molar-refractivity contribution is 7.89. The van der Waals surface area contributed by atoms with Gasteiger partial charge in [0, 0.05) is 26.2 Å². The summed E-state index contributed by atoms with van der Waals surface area (Å²) in [7, 11) is -4.05. The minimum absolute atomic E-state index is 0.0469. The first-order valence-electron chi connectivity index (χ1n) is 9.91. The number of nitrogens with one attached hydrogen (secondary N) is 1. The molecule has 1 saturated carbocycles. The molecule has 2 aliphatic heterocycles. The molecule has 1 atom stereocenters. The number of hydrogen-bond acceptors (Lipinski definition) is 5. The summed E-state index contributed by atoms with van der Waals surface area (Å²) in [6.45, 7) is 1.25. The van der Waals surface area contributed by atoms with Crippen molar-refractivity contribution in [3.05, 3.63) is 29.8 Å². The number of imide groups is 1. The molecule has 0 spiro atoms. The van der Waals surface area contributed by atoms with Crippen LogP contribution < -0.4 is 5.32 Å². The van der Waals surface area contributed by atoms with E-state index in [1.807, 2.05) is 0 Å². The van der Waals surface area contributed by atoms with E-state index in [-0.39, 0.29) is 37.0 Å². The highest BCUT2D eigenvalue weighted by atomic mass is 32.2. The highest BCUT2D eigenvalue weighted by Gasteiger charge is 2.56. The Balaban J connectivity index is 1.37. The first-order chi connectivity index (χ1) is 14.5. The second-order valence-electron chi connectivity index (χ2n) is 8.16. The molecular weight excluding hydrogens is 434 g/mol. The average molecular weight is 456 g/mol. The first-order valence-corrected chi connectivity index (χ1v) is 11.3. The molecule has 0 bridgehead atoms. The van der Waals surface area contributed by atoms with Crippen molar-refractivity contribution in [3.8, 4) is 0 Å². The van der Waals surface area contributed by atoms with E-state index in [2.05, 4.69) is 5.32 Å². The minimum Gasteiger partial charge on any atom is -0.338 e. The van der Waals surface area contributed by atoms with Crippen LogP contribution in [0.2, 0.25) is 0 Å². The van der Waals surface area contributed by atoms with Crippen molar-refractivity contribution in [2.75, 3.05) is 32.7 Å². The fraction of sp³-hybridized carbons (Fsp3) is 0.526. The van der Waals surface area contributed by atoms with Gasteiger partial charge in [-0.05, 0) is 43.9 Å². The Hall–Kier alpha value is -2.60. The van der Waals surface area contributed by atoms with Crippen LogP contribution in [0, 0.1) is 17.6 Å².